The Morgan fingerprint density at radius 3 is 2.93 bits per heavy atom. The van der Waals surface area contributed by atoms with Gasteiger partial charge in [0.2, 0.25) is 0 Å². The normalized spacial score (nSPS) is 16.0. The number of aliphatic imine (C=N–C) groups is 1. The molecule has 140 valence electrons. The molecule has 0 fully saturated rings. The molecule has 2 aromatic heterocycles. The molecule has 0 saturated carbocycles. The van der Waals surface area contributed by atoms with E-state index in [0.717, 1.165) is 39.9 Å². The second-order valence-electron chi connectivity index (χ2n) is 6.55. The van der Waals surface area contributed by atoms with Crippen LogP contribution in [-0.4, -0.2) is 24.0 Å². The van der Waals surface area contributed by atoms with E-state index in [1.165, 1.54) is 0 Å². The molecule has 0 amide bonds. The Labute approximate surface area is 167 Å². The van der Waals surface area contributed by atoms with E-state index in [2.05, 4.69) is 21.3 Å². The maximum absolute atomic E-state index is 6.15. The Balaban J connectivity index is 1.65. The van der Waals surface area contributed by atoms with Gasteiger partial charge in [-0.3, -0.25) is 4.90 Å². The Kier molecular flexibility index (Phi) is 4.35. The van der Waals surface area contributed by atoms with Crippen LogP contribution in [0, 0.1) is 0 Å². The number of para-hydroxylation sites is 2. The van der Waals surface area contributed by atoms with Gasteiger partial charge in [0, 0.05) is 18.2 Å². The smallest absolute Gasteiger partial charge is 0.159 e. The summed E-state index contributed by atoms with van der Waals surface area (Å²) in [6.07, 6.45) is 3.95. The highest BCUT2D eigenvalue weighted by Gasteiger charge is 2.28. The summed E-state index contributed by atoms with van der Waals surface area (Å²) < 4.78 is 11.4. The molecule has 0 atom stereocenters. The molecule has 4 heterocycles. The summed E-state index contributed by atoms with van der Waals surface area (Å²) in [5.41, 5.74) is 4.68. The number of benzene rings is 1. The minimum atomic E-state index is 0.404. The molecular formula is C21H17ClN4O2. The molecule has 28 heavy (non-hydrogen) atoms. The third kappa shape index (κ3) is 3.17. The van der Waals surface area contributed by atoms with E-state index in [9.17, 15) is 0 Å². The molecule has 6 nitrogen and oxygen atoms in total. The van der Waals surface area contributed by atoms with Gasteiger partial charge in [0.05, 0.1) is 35.7 Å². The maximum atomic E-state index is 6.15. The average molecular weight is 393 g/mol. The highest BCUT2D eigenvalue weighted by atomic mass is 35.5. The first-order valence-electron chi connectivity index (χ1n) is 8.94. The Morgan fingerprint density at radius 1 is 1.14 bits per heavy atom. The summed E-state index contributed by atoms with van der Waals surface area (Å²) in [5.74, 6) is 1.65. The van der Waals surface area contributed by atoms with Crippen molar-refractivity contribution in [2.24, 2.45) is 4.99 Å². The lowest BCUT2D eigenvalue weighted by atomic mass is 10.1. The van der Waals surface area contributed by atoms with Crippen molar-refractivity contribution in [3.05, 3.63) is 83.3 Å². The first-order chi connectivity index (χ1) is 13.8. The van der Waals surface area contributed by atoms with E-state index in [4.69, 9.17) is 25.7 Å². The summed E-state index contributed by atoms with van der Waals surface area (Å²) in [5, 5.41) is 3.95. The van der Waals surface area contributed by atoms with Gasteiger partial charge < -0.3 is 14.5 Å². The van der Waals surface area contributed by atoms with Gasteiger partial charge in [0.25, 0.3) is 0 Å². The average Bonchev–Trinajstić information content (AvgIpc) is 3.12. The van der Waals surface area contributed by atoms with Crippen LogP contribution in [0.5, 0.6) is 0 Å². The molecule has 0 radical (unpaired) electrons. The fourth-order valence-corrected chi connectivity index (χ4v) is 3.58. The van der Waals surface area contributed by atoms with Gasteiger partial charge in [0.1, 0.15) is 17.6 Å². The summed E-state index contributed by atoms with van der Waals surface area (Å²) in [6.45, 7) is 0.842. The molecule has 1 aromatic carbocycles. The van der Waals surface area contributed by atoms with Crippen LogP contribution in [0.4, 0.5) is 11.4 Å². The third-order valence-corrected chi connectivity index (χ3v) is 4.87. The monoisotopic (exact) mass is 392 g/mol. The number of nitrogens with zero attached hydrogens (tertiary/aromatic N) is 3. The lowest BCUT2D eigenvalue weighted by molar-refractivity contribution is 0.179. The van der Waals surface area contributed by atoms with Crippen molar-refractivity contribution < 1.29 is 9.15 Å². The first kappa shape index (κ1) is 17.0. The van der Waals surface area contributed by atoms with Crippen molar-refractivity contribution in [2.75, 3.05) is 23.6 Å². The van der Waals surface area contributed by atoms with Crippen LogP contribution in [0.1, 0.15) is 11.3 Å². The van der Waals surface area contributed by atoms with Crippen molar-refractivity contribution in [1.29, 1.82) is 0 Å². The van der Waals surface area contributed by atoms with Gasteiger partial charge in [-0.2, -0.15) is 0 Å². The number of anilines is 2. The number of furan rings is 1. The van der Waals surface area contributed by atoms with Crippen LogP contribution in [0.2, 0.25) is 5.15 Å². The first-order valence-corrected chi connectivity index (χ1v) is 9.32. The van der Waals surface area contributed by atoms with Crippen LogP contribution in [0.15, 0.2) is 76.2 Å². The van der Waals surface area contributed by atoms with Gasteiger partial charge in [-0.15, -0.1) is 0 Å². The number of aromatic nitrogens is 1. The van der Waals surface area contributed by atoms with E-state index < -0.39 is 0 Å². The minimum Gasteiger partial charge on any atom is -0.469 e. The quantitative estimate of drug-likeness (QED) is 0.662. The predicted molar refractivity (Wildman–Crippen MR) is 109 cm³/mol. The van der Waals surface area contributed by atoms with Crippen LogP contribution in [0.3, 0.4) is 0 Å². The lowest BCUT2D eigenvalue weighted by Gasteiger charge is -2.32. The fourth-order valence-electron chi connectivity index (χ4n) is 3.40. The van der Waals surface area contributed by atoms with Gasteiger partial charge >= 0.3 is 0 Å². The molecule has 3 aromatic rings. The maximum Gasteiger partial charge on any atom is 0.159 e. The molecule has 0 aliphatic carbocycles. The summed E-state index contributed by atoms with van der Waals surface area (Å²) >= 11 is 6.15. The van der Waals surface area contributed by atoms with E-state index in [1.54, 1.807) is 12.5 Å². The minimum absolute atomic E-state index is 0.404. The number of hydrogen-bond acceptors (Lipinski definition) is 6. The number of hydrogen-bond donors (Lipinski definition) is 1. The van der Waals surface area contributed by atoms with Crippen molar-refractivity contribution in [2.45, 2.75) is 6.42 Å². The Morgan fingerprint density at radius 2 is 2.07 bits per heavy atom. The lowest BCUT2D eigenvalue weighted by Crippen LogP contribution is -2.29. The number of rotatable bonds is 3. The summed E-state index contributed by atoms with van der Waals surface area (Å²) in [4.78, 5) is 11.1. The third-order valence-electron chi connectivity index (χ3n) is 4.66. The van der Waals surface area contributed by atoms with Gasteiger partial charge in [-0.25, -0.2) is 9.98 Å². The van der Waals surface area contributed by atoms with Crippen LogP contribution in [-0.2, 0) is 11.2 Å². The largest absolute Gasteiger partial charge is 0.469 e. The standard InChI is InChI=1S/C21H17ClN4O2/c22-19-10-14(7-8-23-19)20-21-24-15(11-16-4-3-9-28-16)12-27-13-26(21)18-6-2-1-5-17(18)25-20/h1-10,25H,11-13H2. The van der Waals surface area contributed by atoms with Crippen LogP contribution >= 0.6 is 11.6 Å². The van der Waals surface area contributed by atoms with Gasteiger partial charge in [-0.1, -0.05) is 23.7 Å². The Bertz CT molecular complexity index is 1080. The fraction of sp³-hybridized carbons (Fsp3) is 0.143. The van der Waals surface area contributed by atoms with Gasteiger partial charge in [-0.05, 0) is 36.4 Å². The highest BCUT2D eigenvalue weighted by Crippen LogP contribution is 2.39. The number of ether oxygens (including phenoxy) is 1. The van der Waals surface area contributed by atoms with E-state index in [0.29, 0.717) is 24.9 Å². The SMILES string of the molecule is Clc1cc(C2=C3N=C(Cc4ccco4)COCN3c3ccccc3N2)ccn1. The molecule has 0 spiro atoms. The highest BCUT2D eigenvalue weighted by molar-refractivity contribution is 6.29. The number of fused-ring (bicyclic) bond motifs is 3. The zero-order valence-electron chi connectivity index (χ0n) is 14.9. The van der Waals surface area contributed by atoms with E-state index in [1.807, 2.05) is 42.5 Å². The van der Waals surface area contributed by atoms with Crippen molar-refractivity contribution in [3.63, 3.8) is 0 Å². The summed E-state index contributed by atoms with van der Waals surface area (Å²) in [7, 11) is 0. The molecule has 7 heteroatoms. The van der Waals surface area contributed by atoms with E-state index in [-0.39, 0.29) is 0 Å². The molecule has 0 saturated heterocycles. The second kappa shape index (κ2) is 7.14. The number of nitrogens with one attached hydrogen (secondary N) is 1. The molecule has 0 unspecified atom stereocenters. The number of pyridine rings is 1. The zero-order valence-corrected chi connectivity index (χ0v) is 15.7. The molecule has 1 N–H and O–H groups in total. The molecule has 0 bridgehead atoms. The van der Waals surface area contributed by atoms with Gasteiger partial charge in [0.15, 0.2) is 5.82 Å². The molecule has 2 aliphatic rings. The van der Waals surface area contributed by atoms with Crippen molar-refractivity contribution >= 4 is 34.4 Å². The van der Waals surface area contributed by atoms with Crippen molar-refractivity contribution in [3.8, 4) is 0 Å². The second-order valence-corrected chi connectivity index (χ2v) is 6.94. The van der Waals surface area contributed by atoms with Crippen LogP contribution < -0.4 is 10.2 Å². The molecular weight excluding hydrogens is 376 g/mol. The molecule has 5 rings (SSSR count). The molecule has 2 aliphatic heterocycles. The van der Waals surface area contributed by atoms with Crippen molar-refractivity contribution in [1.82, 2.24) is 4.98 Å². The topological polar surface area (TPSA) is 62.9 Å². The predicted octanol–water partition coefficient (Wildman–Crippen LogP) is 4.56. The Hall–Kier alpha value is -3.09. The number of halogens is 1. The summed E-state index contributed by atoms with van der Waals surface area (Å²) in [6, 6.07) is 15.7. The zero-order chi connectivity index (χ0) is 18.9. The van der Waals surface area contributed by atoms with Crippen LogP contribution in [0.25, 0.3) is 5.70 Å². The van der Waals surface area contributed by atoms with E-state index >= 15 is 0 Å².